The van der Waals surface area contributed by atoms with Crippen LogP contribution in [0.25, 0.3) is 0 Å². The molecule has 144 valence electrons. The van der Waals surface area contributed by atoms with Crippen LogP contribution in [0.15, 0.2) is 18.2 Å². The van der Waals surface area contributed by atoms with Gasteiger partial charge >= 0.3 is 0 Å². The zero-order valence-corrected chi connectivity index (χ0v) is 15.6. The van der Waals surface area contributed by atoms with E-state index in [1.165, 1.54) is 38.5 Å². The van der Waals surface area contributed by atoms with E-state index in [1.54, 1.807) is 13.0 Å². The summed E-state index contributed by atoms with van der Waals surface area (Å²) in [5.41, 5.74) is 0.920. The normalized spacial score (nSPS) is 33.9. The van der Waals surface area contributed by atoms with Crippen molar-refractivity contribution in [3.63, 3.8) is 0 Å². The lowest BCUT2D eigenvalue weighted by Crippen LogP contribution is -2.48. The molecule has 2 aliphatic carbocycles. The van der Waals surface area contributed by atoms with Gasteiger partial charge in [-0.3, -0.25) is 4.79 Å². The van der Waals surface area contributed by atoms with Gasteiger partial charge in [-0.1, -0.05) is 45.4 Å². The maximum Gasteiger partial charge on any atom is 0.229 e. The SMILES string of the molecule is C.Cc1cccc(CC2(C)CCN(C3CCC4CCCC3C4)C2=O)c1F. The highest BCUT2D eigenvalue weighted by molar-refractivity contribution is 5.85. The van der Waals surface area contributed by atoms with Crippen LogP contribution in [0.1, 0.15) is 70.4 Å². The summed E-state index contributed by atoms with van der Waals surface area (Å²) in [7, 11) is 0. The molecular weight excluding hydrogens is 325 g/mol. The summed E-state index contributed by atoms with van der Waals surface area (Å²) in [6.45, 7) is 4.70. The van der Waals surface area contributed by atoms with E-state index in [0.29, 0.717) is 29.5 Å². The number of aryl methyl sites for hydroxylation is 1. The van der Waals surface area contributed by atoms with Gasteiger partial charge in [-0.05, 0) is 68.4 Å². The summed E-state index contributed by atoms with van der Waals surface area (Å²) in [5.74, 6) is 1.74. The fraction of sp³-hybridized carbons (Fsp3) is 0.696. The summed E-state index contributed by atoms with van der Waals surface area (Å²) in [5, 5.41) is 0. The van der Waals surface area contributed by atoms with Crippen LogP contribution in [0.4, 0.5) is 4.39 Å². The number of carbonyl (C=O) groups is 1. The van der Waals surface area contributed by atoms with Crippen LogP contribution < -0.4 is 0 Å². The number of nitrogens with zero attached hydrogens (tertiary/aromatic N) is 1. The first kappa shape index (κ1) is 19.4. The van der Waals surface area contributed by atoms with E-state index in [1.807, 2.05) is 19.1 Å². The number of hydrogen-bond acceptors (Lipinski definition) is 1. The molecule has 0 aromatic heterocycles. The second kappa shape index (κ2) is 7.32. The largest absolute Gasteiger partial charge is 0.339 e. The maximum absolute atomic E-state index is 14.4. The molecule has 4 rings (SSSR count). The first-order valence-corrected chi connectivity index (χ1v) is 10.0. The highest BCUT2D eigenvalue weighted by Crippen LogP contribution is 2.45. The number of halogens is 1. The predicted octanol–water partition coefficient (Wildman–Crippen LogP) is 5.52. The molecule has 2 bridgehead atoms. The quantitative estimate of drug-likeness (QED) is 0.696. The molecule has 3 aliphatic rings. The fourth-order valence-corrected chi connectivity index (χ4v) is 5.66. The van der Waals surface area contributed by atoms with Crippen molar-refractivity contribution in [1.29, 1.82) is 0 Å². The Labute approximate surface area is 158 Å². The van der Waals surface area contributed by atoms with Crippen molar-refractivity contribution in [2.24, 2.45) is 17.3 Å². The Hall–Kier alpha value is -1.38. The van der Waals surface area contributed by atoms with Crippen molar-refractivity contribution in [3.8, 4) is 0 Å². The van der Waals surface area contributed by atoms with Crippen LogP contribution in [0.5, 0.6) is 0 Å². The average Bonchev–Trinajstić information content (AvgIpc) is 2.88. The first-order valence-electron chi connectivity index (χ1n) is 10.0. The van der Waals surface area contributed by atoms with Crippen LogP contribution in [0.3, 0.4) is 0 Å². The number of fused-ring (bicyclic) bond motifs is 2. The summed E-state index contributed by atoms with van der Waals surface area (Å²) in [4.78, 5) is 15.5. The van der Waals surface area contributed by atoms with Crippen LogP contribution in [-0.4, -0.2) is 23.4 Å². The first-order chi connectivity index (χ1) is 12.0. The molecule has 0 spiro atoms. The molecule has 2 saturated carbocycles. The Kier molecular flexibility index (Phi) is 5.46. The highest BCUT2D eigenvalue weighted by atomic mass is 19.1. The van der Waals surface area contributed by atoms with E-state index in [-0.39, 0.29) is 19.2 Å². The lowest BCUT2D eigenvalue weighted by atomic mass is 9.69. The van der Waals surface area contributed by atoms with Gasteiger partial charge in [0, 0.05) is 12.6 Å². The molecule has 26 heavy (non-hydrogen) atoms. The van der Waals surface area contributed by atoms with E-state index >= 15 is 0 Å². The molecule has 1 aliphatic heterocycles. The lowest BCUT2D eigenvalue weighted by Gasteiger charge is -2.44. The van der Waals surface area contributed by atoms with Gasteiger partial charge < -0.3 is 4.90 Å². The van der Waals surface area contributed by atoms with Gasteiger partial charge in [0.25, 0.3) is 0 Å². The Balaban J connectivity index is 0.00000196. The zero-order chi connectivity index (χ0) is 17.6. The molecule has 3 fully saturated rings. The third-order valence-corrected chi connectivity index (χ3v) is 7.17. The smallest absolute Gasteiger partial charge is 0.229 e. The van der Waals surface area contributed by atoms with Gasteiger partial charge in [0.1, 0.15) is 5.82 Å². The third-order valence-electron chi connectivity index (χ3n) is 7.17. The summed E-state index contributed by atoms with van der Waals surface area (Å²) in [6, 6.07) is 5.98. The second-order valence-corrected chi connectivity index (χ2v) is 8.97. The van der Waals surface area contributed by atoms with E-state index < -0.39 is 5.41 Å². The molecule has 0 N–H and O–H groups in total. The van der Waals surface area contributed by atoms with Crippen LogP contribution >= 0.6 is 0 Å². The average molecular weight is 360 g/mol. The monoisotopic (exact) mass is 359 g/mol. The number of rotatable bonds is 3. The summed E-state index contributed by atoms with van der Waals surface area (Å²) in [6.07, 6.45) is 9.17. The predicted molar refractivity (Wildman–Crippen MR) is 104 cm³/mol. The minimum absolute atomic E-state index is 0. The molecule has 4 unspecified atom stereocenters. The van der Waals surface area contributed by atoms with Crippen LogP contribution in [-0.2, 0) is 11.2 Å². The van der Waals surface area contributed by atoms with Gasteiger partial charge in [-0.15, -0.1) is 0 Å². The molecule has 2 nitrogen and oxygen atoms in total. The van der Waals surface area contributed by atoms with E-state index in [9.17, 15) is 9.18 Å². The van der Waals surface area contributed by atoms with Gasteiger partial charge in [0.2, 0.25) is 5.91 Å². The van der Waals surface area contributed by atoms with Crippen LogP contribution in [0, 0.1) is 30.0 Å². The van der Waals surface area contributed by atoms with E-state index in [0.717, 1.165) is 18.9 Å². The molecule has 1 aromatic rings. The molecule has 4 atom stereocenters. The molecule has 1 saturated heterocycles. The summed E-state index contributed by atoms with van der Waals surface area (Å²) >= 11 is 0. The van der Waals surface area contributed by atoms with Crippen molar-refractivity contribution < 1.29 is 9.18 Å². The minimum Gasteiger partial charge on any atom is -0.339 e. The fourth-order valence-electron chi connectivity index (χ4n) is 5.66. The second-order valence-electron chi connectivity index (χ2n) is 8.97. The third kappa shape index (κ3) is 3.30. The molecule has 1 amide bonds. The van der Waals surface area contributed by atoms with Crippen molar-refractivity contribution in [1.82, 2.24) is 4.90 Å². The zero-order valence-electron chi connectivity index (χ0n) is 15.6. The highest BCUT2D eigenvalue weighted by Gasteiger charge is 2.48. The van der Waals surface area contributed by atoms with Gasteiger partial charge in [-0.25, -0.2) is 4.39 Å². The number of hydrogen-bond donors (Lipinski definition) is 0. The van der Waals surface area contributed by atoms with Crippen LogP contribution in [0.2, 0.25) is 0 Å². The number of amides is 1. The Morgan fingerprint density at radius 3 is 2.85 bits per heavy atom. The maximum atomic E-state index is 14.4. The van der Waals surface area contributed by atoms with Crippen molar-refractivity contribution in [2.45, 2.75) is 78.7 Å². The van der Waals surface area contributed by atoms with Gasteiger partial charge in [-0.2, -0.15) is 0 Å². The Morgan fingerprint density at radius 2 is 2.04 bits per heavy atom. The van der Waals surface area contributed by atoms with Crippen molar-refractivity contribution in [3.05, 3.63) is 35.1 Å². The topological polar surface area (TPSA) is 20.3 Å². The van der Waals surface area contributed by atoms with Gasteiger partial charge in [0.05, 0.1) is 5.41 Å². The Morgan fingerprint density at radius 1 is 1.23 bits per heavy atom. The van der Waals surface area contributed by atoms with E-state index in [2.05, 4.69) is 4.90 Å². The molecule has 3 heteroatoms. The molecule has 0 radical (unpaired) electrons. The molecular formula is C23H34FNO. The van der Waals surface area contributed by atoms with Crippen molar-refractivity contribution >= 4 is 5.91 Å². The minimum atomic E-state index is -0.444. The Bertz CT molecular complexity index is 672. The van der Waals surface area contributed by atoms with Crippen molar-refractivity contribution in [2.75, 3.05) is 6.54 Å². The molecule has 1 aromatic carbocycles. The standard InChI is InChI=1S/C22H30FNO.CH4/c1-15-5-3-8-18(20(15)23)14-22(2)11-12-24(21(22)25)19-10-9-16-6-4-7-17(19)13-16;/h3,5,8,16-17,19H,4,6-7,9-14H2,1-2H3;1H4. The van der Waals surface area contributed by atoms with E-state index in [4.69, 9.17) is 0 Å². The number of benzene rings is 1. The lowest BCUT2D eigenvalue weighted by molar-refractivity contribution is -0.139. The number of likely N-dealkylation sites (tertiary alicyclic amines) is 1. The summed E-state index contributed by atoms with van der Waals surface area (Å²) < 4.78 is 14.4. The molecule has 1 heterocycles. The number of carbonyl (C=O) groups excluding carboxylic acids is 1. The van der Waals surface area contributed by atoms with Gasteiger partial charge in [0.15, 0.2) is 0 Å².